The van der Waals surface area contributed by atoms with Gasteiger partial charge in [0.1, 0.15) is 11.9 Å². The summed E-state index contributed by atoms with van der Waals surface area (Å²) in [5, 5.41) is 2.84. The first kappa shape index (κ1) is 24.6. The summed E-state index contributed by atoms with van der Waals surface area (Å²) in [4.78, 5) is 29.4. The van der Waals surface area contributed by atoms with E-state index in [4.69, 9.17) is 0 Å². The summed E-state index contributed by atoms with van der Waals surface area (Å²) in [6.07, 6.45) is 0.459. The Morgan fingerprint density at radius 1 is 0.857 bits per heavy atom. The molecular formula is C29H32FN3O2. The molecule has 0 aliphatic carbocycles. The van der Waals surface area contributed by atoms with Gasteiger partial charge in [-0.1, -0.05) is 72.3 Å². The maximum atomic E-state index is 13.6. The van der Waals surface area contributed by atoms with Crippen molar-refractivity contribution in [1.82, 2.24) is 15.1 Å². The highest BCUT2D eigenvalue weighted by atomic mass is 19.1. The Bertz CT molecular complexity index is 1080. The van der Waals surface area contributed by atoms with Gasteiger partial charge in [-0.05, 0) is 35.7 Å². The number of nitrogens with one attached hydrogen (secondary N) is 1. The Hall–Kier alpha value is -3.51. The second-order valence-corrected chi connectivity index (χ2v) is 9.17. The van der Waals surface area contributed by atoms with Crippen LogP contribution in [0.4, 0.5) is 4.39 Å². The third-order valence-corrected chi connectivity index (χ3v) is 6.53. The van der Waals surface area contributed by atoms with Gasteiger partial charge in [0.15, 0.2) is 0 Å². The third-order valence-electron chi connectivity index (χ3n) is 6.53. The lowest BCUT2D eigenvalue weighted by molar-refractivity contribution is -0.137. The number of carbonyl (C=O) groups is 2. The summed E-state index contributed by atoms with van der Waals surface area (Å²) in [6.45, 7) is 5.99. The highest BCUT2D eigenvalue weighted by Gasteiger charge is 2.31. The molecule has 1 heterocycles. The molecule has 1 saturated heterocycles. The number of piperazine rings is 1. The van der Waals surface area contributed by atoms with Gasteiger partial charge >= 0.3 is 0 Å². The molecule has 0 radical (unpaired) electrons. The molecule has 2 atom stereocenters. The molecule has 0 aromatic heterocycles. The van der Waals surface area contributed by atoms with Crippen LogP contribution < -0.4 is 5.32 Å². The average molecular weight is 474 g/mol. The van der Waals surface area contributed by atoms with Crippen molar-refractivity contribution in [2.75, 3.05) is 26.2 Å². The van der Waals surface area contributed by atoms with E-state index in [1.165, 1.54) is 24.6 Å². The Morgan fingerprint density at radius 2 is 1.43 bits per heavy atom. The van der Waals surface area contributed by atoms with Gasteiger partial charge in [0.2, 0.25) is 11.8 Å². The van der Waals surface area contributed by atoms with Crippen molar-refractivity contribution in [2.24, 2.45) is 0 Å². The SMILES string of the molecule is CC(=O)N[C@@H](Cc1ccccc1)C(=O)N1CCN(C(c2ccc(C)cc2)c2ccc(F)cc2)CC1. The number of carbonyl (C=O) groups excluding carboxylic acids is 2. The zero-order chi connectivity index (χ0) is 24.8. The fourth-order valence-electron chi connectivity index (χ4n) is 4.72. The van der Waals surface area contributed by atoms with Crippen LogP contribution in [-0.4, -0.2) is 53.8 Å². The van der Waals surface area contributed by atoms with Crippen LogP contribution in [0.1, 0.15) is 35.2 Å². The number of aryl methyl sites for hydroxylation is 1. The molecule has 4 rings (SSSR count). The van der Waals surface area contributed by atoms with Crippen LogP contribution in [0.5, 0.6) is 0 Å². The summed E-state index contributed by atoms with van der Waals surface area (Å²) in [5.41, 5.74) is 4.36. The van der Waals surface area contributed by atoms with E-state index in [0.29, 0.717) is 32.6 Å². The van der Waals surface area contributed by atoms with E-state index in [-0.39, 0.29) is 23.7 Å². The van der Waals surface area contributed by atoms with Crippen LogP contribution in [-0.2, 0) is 16.0 Å². The van der Waals surface area contributed by atoms with Gasteiger partial charge in [0.25, 0.3) is 0 Å². The number of hydrogen-bond acceptors (Lipinski definition) is 3. The van der Waals surface area contributed by atoms with Crippen molar-refractivity contribution in [3.8, 4) is 0 Å². The van der Waals surface area contributed by atoms with Crippen LogP contribution in [0.2, 0.25) is 0 Å². The van der Waals surface area contributed by atoms with Crippen molar-refractivity contribution in [1.29, 1.82) is 0 Å². The number of rotatable bonds is 7. The quantitative estimate of drug-likeness (QED) is 0.562. The van der Waals surface area contributed by atoms with Gasteiger partial charge in [0, 0.05) is 39.5 Å². The lowest BCUT2D eigenvalue weighted by Crippen LogP contribution is -2.55. The van der Waals surface area contributed by atoms with Crippen molar-refractivity contribution >= 4 is 11.8 Å². The minimum absolute atomic E-state index is 0.0242. The van der Waals surface area contributed by atoms with E-state index < -0.39 is 6.04 Å². The van der Waals surface area contributed by atoms with Crippen LogP contribution in [0.3, 0.4) is 0 Å². The molecule has 1 N–H and O–H groups in total. The van der Waals surface area contributed by atoms with Gasteiger partial charge < -0.3 is 10.2 Å². The topological polar surface area (TPSA) is 52.7 Å². The molecule has 0 spiro atoms. The van der Waals surface area contributed by atoms with Gasteiger partial charge in [-0.15, -0.1) is 0 Å². The minimum atomic E-state index is -0.591. The van der Waals surface area contributed by atoms with Crippen LogP contribution in [0.25, 0.3) is 0 Å². The number of hydrogen-bond donors (Lipinski definition) is 1. The molecule has 6 heteroatoms. The molecule has 3 aromatic rings. The monoisotopic (exact) mass is 473 g/mol. The standard InChI is InChI=1S/C29H32FN3O2/c1-21-8-10-24(11-9-21)28(25-12-14-26(30)15-13-25)32-16-18-33(19-17-32)29(35)27(31-22(2)34)20-23-6-4-3-5-7-23/h3-15,27-28H,16-20H2,1-2H3,(H,31,34)/t27-,28?/m0/s1. The van der Waals surface area contributed by atoms with E-state index in [0.717, 1.165) is 16.7 Å². The predicted octanol–water partition coefficient (Wildman–Crippen LogP) is 4.12. The molecule has 3 aromatic carbocycles. The van der Waals surface area contributed by atoms with Crippen molar-refractivity contribution in [2.45, 2.75) is 32.4 Å². The molecule has 5 nitrogen and oxygen atoms in total. The van der Waals surface area contributed by atoms with Gasteiger partial charge in [-0.2, -0.15) is 0 Å². The number of halogens is 1. The molecule has 0 bridgehead atoms. The Kier molecular flexibility index (Phi) is 7.93. The largest absolute Gasteiger partial charge is 0.344 e. The van der Waals surface area contributed by atoms with Gasteiger partial charge in [-0.25, -0.2) is 4.39 Å². The zero-order valence-corrected chi connectivity index (χ0v) is 20.3. The van der Waals surface area contributed by atoms with Crippen molar-refractivity contribution in [3.05, 3.63) is 107 Å². The Balaban J connectivity index is 1.49. The van der Waals surface area contributed by atoms with E-state index in [1.807, 2.05) is 47.4 Å². The lowest BCUT2D eigenvalue weighted by atomic mass is 9.95. The fraction of sp³-hybridized carbons (Fsp3) is 0.310. The highest BCUT2D eigenvalue weighted by Crippen LogP contribution is 2.30. The number of amides is 2. The molecule has 35 heavy (non-hydrogen) atoms. The van der Waals surface area contributed by atoms with E-state index in [2.05, 4.69) is 41.4 Å². The van der Waals surface area contributed by atoms with Crippen molar-refractivity contribution < 1.29 is 14.0 Å². The van der Waals surface area contributed by atoms with Crippen LogP contribution >= 0.6 is 0 Å². The maximum Gasteiger partial charge on any atom is 0.245 e. The fourth-order valence-corrected chi connectivity index (χ4v) is 4.72. The van der Waals surface area contributed by atoms with Gasteiger partial charge in [-0.3, -0.25) is 14.5 Å². The molecule has 1 aliphatic rings. The second kappa shape index (κ2) is 11.3. The maximum absolute atomic E-state index is 13.6. The molecular weight excluding hydrogens is 441 g/mol. The zero-order valence-electron chi connectivity index (χ0n) is 20.3. The molecule has 1 aliphatic heterocycles. The summed E-state index contributed by atoms with van der Waals surface area (Å²) >= 11 is 0. The Labute approximate surface area is 206 Å². The summed E-state index contributed by atoms with van der Waals surface area (Å²) in [7, 11) is 0. The number of benzene rings is 3. The Morgan fingerprint density at radius 3 is 2.00 bits per heavy atom. The molecule has 2 amide bonds. The minimum Gasteiger partial charge on any atom is -0.344 e. The first-order valence-electron chi connectivity index (χ1n) is 12.1. The molecule has 1 unspecified atom stereocenters. The van der Waals surface area contributed by atoms with Crippen LogP contribution in [0, 0.1) is 12.7 Å². The summed E-state index contributed by atoms with van der Waals surface area (Å²) in [6, 6.07) is 24.2. The highest BCUT2D eigenvalue weighted by molar-refractivity contribution is 5.87. The van der Waals surface area contributed by atoms with Crippen molar-refractivity contribution in [3.63, 3.8) is 0 Å². The second-order valence-electron chi connectivity index (χ2n) is 9.17. The van der Waals surface area contributed by atoms with E-state index in [9.17, 15) is 14.0 Å². The lowest BCUT2D eigenvalue weighted by Gasteiger charge is -2.40. The number of nitrogens with zero attached hydrogens (tertiary/aromatic N) is 2. The normalized spacial score (nSPS) is 15.9. The smallest absolute Gasteiger partial charge is 0.245 e. The van der Waals surface area contributed by atoms with E-state index >= 15 is 0 Å². The predicted molar refractivity (Wildman–Crippen MR) is 135 cm³/mol. The first-order valence-corrected chi connectivity index (χ1v) is 12.1. The van der Waals surface area contributed by atoms with Gasteiger partial charge in [0.05, 0.1) is 6.04 Å². The third kappa shape index (κ3) is 6.34. The molecule has 1 fully saturated rings. The summed E-state index contributed by atoms with van der Waals surface area (Å²) < 4.78 is 13.6. The summed E-state index contributed by atoms with van der Waals surface area (Å²) in [5.74, 6) is -0.528. The average Bonchev–Trinajstić information content (AvgIpc) is 2.86. The first-order chi connectivity index (χ1) is 16.9. The van der Waals surface area contributed by atoms with E-state index in [1.54, 1.807) is 0 Å². The van der Waals surface area contributed by atoms with Crippen LogP contribution in [0.15, 0.2) is 78.9 Å². The molecule has 182 valence electrons. The molecule has 0 saturated carbocycles.